The van der Waals surface area contributed by atoms with Gasteiger partial charge in [0.25, 0.3) is 11.8 Å². The van der Waals surface area contributed by atoms with E-state index in [2.05, 4.69) is 31.6 Å². The van der Waals surface area contributed by atoms with E-state index in [1.807, 2.05) is 6.08 Å². The first-order valence-corrected chi connectivity index (χ1v) is 15.5. The van der Waals surface area contributed by atoms with Crippen molar-refractivity contribution in [1.29, 1.82) is 0 Å². The van der Waals surface area contributed by atoms with Crippen LogP contribution in [0.5, 0.6) is 0 Å². The van der Waals surface area contributed by atoms with Gasteiger partial charge in [0.2, 0.25) is 0 Å². The molecule has 2 amide bonds. The van der Waals surface area contributed by atoms with E-state index in [1.54, 1.807) is 66.3 Å². The average molecular weight is 703 g/mol. The molecule has 0 radical (unpaired) electrons. The minimum atomic E-state index is -1.86. The quantitative estimate of drug-likeness (QED) is 0.135. The molecule has 2 aliphatic heterocycles. The van der Waals surface area contributed by atoms with Crippen LogP contribution in [0.3, 0.4) is 0 Å². The van der Waals surface area contributed by atoms with Crippen molar-refractivity contribution in [3.8, 4) is 0 Å². The number of carbonyl (C=O) groups excluding carboxylic acids is 2. The Morgan fingerprint density at radius 1 is 1.15 bits per heavy atom. The third-order valence-corrected chi connectivity index (χ3v) is 8.67. The van der Waals surface area contributed by atoms with E-state index in [0.717, 1.165) is 0 Å². The van der Waals surface area contributed by atoms with E-state index in [0.29, 0.717) is 52.1 Å². The maximum absolute atomic E-state index is 14.0. The van der Waals surface area contributed by atoms with Gasteiger partial charge in [-0.1, -0.05) is 52.4 Å². The Kier molecular flexibility index (Phi) is 10.3. The van der Waals surface area contributed by atoms with Crippen molar-refractivity contribution in [3.05, 3.63) is 82.1 Å². The van der Waals surface area contributed by atoms with Gasteiger partial charge in [-0.2, -0.15) is 0 Å². The summed E-state index contributed by atoms with van der Waals surface area (Å²) in [6, 6.07) is 11.8. The molecule has 46 heavy (non-hydrogen) atoms. The molecule has 0 spiro atoms. The maximum atomic E-state index is 14.0. The van der Waals surface area contributed by atoms with E-state index in [9.17, 15) is 35.1 Å². The van der Waals surface area contributed by atoms with Gasteiger partial charge in [0.1, 0.15) is 18.3 Å². The number of aliphatic hydroxyl groups is 6. The Morgan fingerprint density at radius 2 is 1.93 bits per heavy atom. The highest BCUT2D eigenvalue weighted by molar-refractivity contribution is 9.10. The summed E-state index contributed by atoms with van der Waals surface area (Å²) in [5.74, 6) is -1.97. The topological polar surface area (TPSA) is 211 Å². The Bertz CT molecular complexity index is 1600. The van der Waals surface area contributed by atoms with Crippen LogP contribution in [0.2, 0.25) is 0 Å². The lowest BCUT2D eigenvalue weighted by atomic mass is 9.83. The molecule has 1 fully saturated rings. The zero-order valence-electron chi connectivity index (χ0n) is 24.8. The van der Waals surface area contributed by atoms with Crippen LogP contribution >= 0.6 is 15.9 Å². The SMILES string of the molecule is C[C@@H](/C=C/CCn1cc(CCO)nn1)[C@]1(O)C(=O)N(Cc2cccc(NC(=O)[C@H]3O[C@@H](O)[C@H](O)[C@@H](O)[C@@H]3O)c2)c2ccc(Br)cc21. The van der Waals surface area contributed by atoms with Crippen molar-refractivity contribution in [2.24, 2.45) is 5.92 Å². The number of carbonyl (C=O) groups is 2. The number of ether oxygens (including phenoxy) is 1. The molecule has 0 aliphatic carbocycles. The predicted molar refractivity (Wildman–Crippen MR) is 167 cm³/mol. The fourth-order valence-corrected chi connectivity index (χ4v) is 5.98. The van der Waals surface area contributed by atoms with Crippen molar-refractivity contribution in [2.45, 2.75) is 69.2 Å². The number of aryl methyl sites for hydroxylation is 1. The summed E-state index contributed by atoms with van der Waals surface area (Å²) in [7, 11) is 0. The number of anilines is 2. The summed E-state index contributed by atoms with van der Waals surface area (Å²) in [5, 5.41) is 71.2. The summed E-state index contributed by atoms with van der Waals surface area (Å²) >= 11 is 3.45. The number of benzene rings is 2. The molecule has 15 heteroatoms. The van der Waals surface area contributed by atoms with Gasteiger partial charge in [-0.15, -0.1) is 5.10 Å². The Morgan fingerprint density at radius 3 is 2.70 bits per heavy atom. The molecule has 2 aliphatic rings. The second kappa shape index (κ2) is 14.1. The van der Waals surface area contributed by atoms with Gasteiger partial charge in [0.05, 0.1) is 17.9 Å². The van der Waals surface area contributed by atoms with E-state index < -0.39 is 54.0 Å². The summed E-state index contributed by atoms with van der Waals surface area (Å²) in [6.45, 7) is 2.35. The molecule has 1 saturated heterocycles. The van der Waals surface area contributed by atoms with E-state index in [-0.39, 0.29) is 13.2 Å². The number of aromatic nitrogens is 3. The predicted octanol–water partition coefficient (Wildman–Crippen LogP) is 0.331. The Hall–Kier alpha value is -3.54. The number of fused-ring (bicyclic) bond motifs is 1. The van der Waals surface area contributed by atoms with Crippen LogP contribution in [0.1, 0.15) is 30.2 Å². The number of rotatable bonds is 11. The third kappa shape index (κ3) is 6.77. The lowest BCUT2D eigenvalue weighted by Gasteiger charge is -2.37. The Labute approximate surface area is 272 Å². The van der Waals surface area contributed by atoms with Crippen molar-refractivity contribution in [3.63, 3.8) is 0 Å². The lowest BCUT2D eigenvalue weighted by molar-refractivity contribution is -0.274. The van der Waals surface area contributed by atoms with Crippen molar-refractivity contribution in [1.82, 2.24) is 15.0 Å². The monoisotopic (exact) mass is 701 g/mol. The smallest absolute Gasteiger partial charge is 0.264 e. The highest BCUT2D eigenvalue weighted by Crippen LogP contribution is 2.46. The number of nitrogens with zero attached hydrogens (tertiary/aromatic N) is 4. The zero-order valence-corrected chi connectivity index (χ0v) is 26.4. The molecule has 246 valence electrons. The first-order valence-electron chi connectivity index (χ1n) is 14.7. The second-order valence-corrected chi connectivity index (χ2v) is 12.3. The van der Waals surface area contributed by atoms with Gasteiger partial charge < -0.3 is 45.6 Å². The van der Waals surface area contributed by atoms with E-state index in [4.69, 9.17) is 9.84 Å². The van der Waals surface area contributed by atoms with Gasteiger partial charge in [-0.05, 0) is 42.3 Å². The largest absolute Gasteiger partial charge is 0.396 e. The number of amides is 2. The maximum Gasteiger partial charge on any atom is 0.264 e. The van der Waals surface area contributed by atoms with Crippen LogP contribution in [-0.2, 0) is 39.4 Å². The van der Waals surface area contributed by atoms with Crippen molar-refractivity contribution >= 4 is 39.1 Å². The normalized spacial score (nSPS) is 26.8. The molecule has 3 aromatic rings. The van der Waals surface area contributed by atoms with Gasteiger partial charge in [-0.25, -0.2) is 0 Å². The minimum Gasteiger partial charge on any atom is -0.396 e. The van der Waals surface area contributed by atoms with Gasteiger partial charge in [0.15, 0.2) is 18.0 Å². The second-order valence-electron chi connectivity index (χ2n) is 11.4. The van der Waals surface area contributed by atoms with Crippen LogP contribution in [0.4, 0.5) is 11.4 Å². The number of nitrogens with one attached hydrogen (secondary N) is 1. The highest BCUT2D eigenvalue weighted by atomic mass is 79.9. The fraction of sp³-hybridized carbons (Fsp3) is 0.419. The first kappa shape index (κ1) is 33.8. The highest BCUT2D eigenvalue weighted by Gasteiger charge is 2.52. The first-order chi connectivity index (χ1) is 21.9. The van der Waals surface area contributed by atoms with Gasteiger partial charge in [0, 0.05) is 47.4 Å². The summed E-state index contributed by atoms with van der Waals surface area (Å²) in [4.78, 5) is 28.3. The number of allylic oxidation sites excluding steroid dienone is 1. The molecule has 0 saturated carbocycles. The zero-order chi connectivity index (χ0) is 33.2. The number of aliphatic hydroxyl groups excluding tert-OH is 5. The van der Waals surface area contributed by atoms with Crippen LogP contribution in [-0.4, -0.2) is 94.8 Å². The number of halogens is 1. The van der Waals surface area contributed by atoms with Crippen LogP contribution in [0.15, 0.2) is 65.3 Å². The minimum absolute atomic E-state index is 0.00975. The molecule has 2 aromatic carbocycles. The lowest BCUT2D eigenvalue weighted by Crippen LogP contribution is -2.60. The molecule has 1 aromatic heterocycles. The summed E-state index contributed by atoms with van der Waals surface area (Å²) < 4.78 is 7.37. The molecule has 5 rings (SSSR count). The molecule has 7 N–H and O–H groups in total. The molecule has 14 nitrogen and oxygen atoms in total. The van der Waals surface area contributed by atoms with Crippen molar-refractivity contribution < 1.29 is 45.0 Å². The van der Waals surface area contributed by atoms with E-state index >= 15 is 0 Å². The van der Waals surface area contributed by atoms with Crippen LogP contribution in [0, 0.1) is 5.92 Å². The third-order valence-electron chi connectivity index (χ3n) is 8.18. The van der Waals surface area contributed by atoms with Gasteiger partial charge in [-0.3, -0.25) is 14.3 Å². The van der Waals surface area contributed by atoms with Gasteiger partial charge >= 0.3 is 0 Å². The molecule has 0 unspecified atom stereocenters. The van der Waals surface area contributed by atoms with Crippen LogP contribution in [0.25, 0.3) is 0 Å². The molecular weight excluding hydrogens is 666 g/mol. The number of hydrogen-bond acceptors (Lipinski definition) is 11. The molecule has 7 atom stereocenters. The average Bonchev–Trinajstić information content (AvgIpc) is 3.56. The molecular formula is C31H36BrN5O9. The molecule has 3 heterocycles. The summed E-state index contributed by atoms with van der Waals surface area (Å²) in [5.41, 5.74) is 0.716. The van der Waals surface area contributed by atoms with Crippen molar-refractivity contribution in [2.75, 3.05) is 16.8 Å². The van der Waals surface area contributed by atoms with E-state index in [1.165, 1.54) is 4.90 Å². The standard InChI is InChI=1S/C31H36BrN5O9/c1-17(5-2-3-11-36-16-21(10-12-38)34-35-36)31(45)22-14-19(32)8-9-23(22)37(30(31)44)15-18-6-4-7-20(13-18)33-28(42)27-25(40)24(39)26(41)29(43)46-27/h2,4-9,13-14,16-17,24-27,29,38-41,43,45H,3,10-12,15H2,1H3,(H,33,42)/b5-2+/t17-,24-,25-,26+,27-,29+,31+/m0/s1. The number of hydrogen-bond donors (Lipinski definition) is 7. The Balaban J connectivity index is 1.30. The van der Waals surface area contributed by atoms with Crippen LogP contribution < -0.4 is 10.2 Å². The molecule has 0 bridgehead atoms. The fourth-order valence-electron chi connectivity index (χ4n) is 5.62. The summed E-state index contributed by atoms with van der Waals surface area (Å²) in [6.07, 6.45) is -2.41.